The SMILES string of the molecule is CC(CC(=O)O)Sc1cnc(C#N)cn1. The zero-order chi connectivity index (χ0) is 11.3. The van der Waals surface area contributed by atoms with Gasteiger partial charge in [0.2, 0.25) is 0 Å². The van der Waals surface area contributed by atoms with E-state index in [2.05, 4.69) is 9.97 Å². The van der Waals surface area contributed by atoms with E-state index >= 15 is 0 Å². The quantitative estimate of drug-likeness (QED) is 0.774. The van der Waals surface area contributed by atoms with E-state index in [1.54, 1.807) is 6.92 Å². The van der Waals surface area contributed by atoms with Crippen LogP contribution in [0.3, 0.4) is 0 Å². The van der Waals surface area contributed by atoms with Crippen LogP contribution in [-0.4, -0.2) is 26.3 Å². The molecule has 0 spiro atoms. The van der Waals surface area contributed by atoms with Crippen molar-refractivity contribution in [2.24, 2.45) is 0 Å². The molecule has 1 N–H and O–H groups in total. The first-order valence-electron chi connectivity index (χ1n) is 4.22. The number of hydrogen-bond acceptors (Lipinski definition) is 5. The molecule has 0 bridgehead atoms. The zero-order valence-corrected chi connectivity index (χ0v) is 8.86. The first-order chi connectivity index (χ1) is 7.11. The van der Waals surface area contributed by atoms with Crippen molar-refractivity contribution in [3.05, 3.63) is 18.1 Å². The number of nitriles is 1. The van der Waals surface area contributed by atoms with Gasteiger partial charge in [-0.25, -0.2) is 9.97 Å². The van der Waals surface area contributed by atoms with Gasteiger partial charge in [-0.1, -0.05) is 6.92 Å². The van der Waals surface area contributed by atoms with Crippen molar-refractivity contribution < 1.29 is 9.90 Å². The summed E-state index contributed by atoms with van der Waals surface area (Å²) in [6.07, 6.45) is 2.92. The highest BCUT2D eigenvalue weighted by molar-refractivity contribution is 7.99. The number of aliphatic carboxylic acids is 1. The fraction of sp³-hybridized carbons (Fsp3) is 0.333. The van der Waals surface area contributed by atoms with Gasteiger partial charge < -0.3 is 5.11 Å². The van der Waals surface area contributed by atoms with Gasteiger partial charge in [0.15, 0.2) is 5.69 Å². The Bertz CT molecular complexity index is 385. The summed E-state index contributed by atoms with van der Waals surface area (Å²) in [7, 11) is 0. The summed E-state index contributed by atoms with van der Waals surface area (Å²) < 4.78 is 0. The van der Waals surface area contributed by atoms with Crippen molar-refractivity contribution in [2.45, 2.75) is 23.6 Å². The van der Waals surface area contributed by atoms with Crippen LogP contribution in [0, 0.1) is 11.3 Å². The van der Waals surface area contributed by atoms with Crippen LogP contribution in [0.5, 0.6) is 0 Å². The van der Waals surface area contributed by atoms with E-state index in [4.69, 9.17) is 10.4 Å². The molecule has 15 heavy (non-hydrogen) atoms. The second-order valence-electron chi connectivity index (χ2n) is 2.88. The Balaban J connectivity index is 2.58. The maximum Gasteiger partial charge on any atom is 0.304 e. The summed E-state index contributed by atoms with van der Waals surface area (Å²) in [5.74, 6) is -0.836. The summed E-state index contributed by atoms with van der Waals surface area (Å²) in [6.45, 7) is 1.80. The Hall–Kier alpha value is -1.61. The highest BCUT2D eigenvalue weighted by atomic mass is 32.2. The van der Waals surface area contributed by atoms with Crippen LogP contribution < -0.4 is 0 Å². The predicted molar refractivity (Wildman–Crippen MR) is 54.3 cm³/mol. The lowest BCUT2D eigenvalue weighted by molar-refractivity contribution is -0.136. The average Bonchev–Trinajstić information content (AvgIpc) is 2.17. The summed E-state index contributed by atoms with van der Waals surface area (Å²) >= 11 is 1.33. The first kappa shape index (κ1) is 11.5. The Labute approximate surface area is 91.2 Å². The number of nitrogens with zero attached hydrogens (tertiary/aromatic N) is 3. The maximum absolute atomic E-state index is 10.4. The van der Waals surface area contributed by atoms with Gasteiger partial charge in [0.05, 0.1) is 18.8 Å². The molecule has 1 unspecified atom stereocenters. The van der Waals surface area contributed by atoms with Crippen LogP contribution >= 0.6 is 11.8 Å². The molecule has 0 aliphatic carbocycles. The molecule has 0 radical (unpaired) electrons. The fourth-order valence-corrected chi connectivity index (χ4v) is 1.79. The lowest BCUT2D eigenvalue weighted by Crippen LogP contribution is -2.05. The lowest BCUT2D eigenvalue weighted by atomic mass is 10.3. The van der Waals surface area contributed by atoms with Gasteiger partial charge >= 0.3 is 5.97 Å². The van der Waals surface area contributed by atoms with Crippen molar-refractivity contribution in [1.29, 1.82) is 5.26 Å². The predicted octanol–water partition coefficient (Wildman–Crippen LogP) is 1.30. The molecule has 1 heterocycles. The third-order valence-corrected chi connectivity index (χ3v) is 2.55. The Morgan fingerprint density at radius 2 is 2.40 bits per heavy atom. The van der Waals surface area contributed by atoms with Crippen molar-refractivity contribution in [3.8, 4) is 6.07 Å². The smallest absolute Gasteiger partial charge is 0.304 e. The summed E-state index contributed by atoms with van der Waals surface area (Å²) in [5.41, 5.74) is 0.255. The van der Waals surface area contributed by atoms with Crippen LogP contribution in [0.1, 0.15) is 19.0 Å². The van der Waals surface area contributed by atoms with Crippen molar-refractivity contribution >= 4 is 17.7 Å². The molecule has 0 saturated heterocycles. The van der Waals surface area contributed by atoms with Gasteiger partial charge in [0.1, 0.15) is 11.1 Å². The molecule has 1 rings (SSSR count). The van der Waals surface area contributed by atoms with E-state index in [1.807, 2.05) is 6.07 Å². The van der Waals surface area contributed by atoms with E-state index < -0.39 is 5.97 Å². The summed E-state index contributed by atoms with van der Waals surface area (Å²) in [5, 5.41) is 17.6. The van der Waals surface area contributed by atoms with Gasteiger partial charge in [0, 0.05) is 5.25 Å². The average molecular weight is 223 g/mol. The molecule has 1 atom stereocenters. The normalized spacial score (nSPS) is 11.7. The Kier molecular flexibility index (Phi) is 4.06. The molecule has 0 saturated carbocycles. The van der Waals surface area contributed by atoms with Crippen LogP contribution in [-0.2, 0) is 4.79 Å². The fourth-order valence-electron chi connectivity index (χ4n) is 0.928. The number of carbonyl (C=O) groups is 1. The van der Waals surface area contributed by atoms with E-state index in [-0.39, 0.29) is 17.4 Å². The highest BCUT2D eigenvalue weighted by Crippen LogP contribution is 2.22. The molecule has 1 aromatic rings. The largest absolute Gasteiger partial charge is 0.481 e. The number of hydrogen-bond donors (Lipinski definition) is 1. The van der Waals surface area contributed by atoms with Crippen molar-refractivity contribution in [2.75, 3.05) is 0 Å². The summed E-state index contributed by atoms with van der Waals surface area (Å²) in [4.78, 5) is 18.2. The minimum atomic E-state index is -0.836. The number of thioether (sulfide) groups is 1. The second kappa shape index (κ2) is 5.32. The van der Waals surface area contributed by atoms with Gasteiger partial charge in [-0.3, -0.25) is 4.79 Å². The molecule has 5 nitrogen and oxygen atoms in total. The summed E-state index contributed by atoms with van der Waals surface area (Å²) in [6, 6.07) is 1.86. The molecular formula is C9H9N3O2S. The second-order valence-corrected chi connectivity index (χ2v) is 4.34. The number of aromatic nitrogens is 2. The molecule has 0 aliphatic rings. The lowest BCUT2D eigenvalue weighted by Gasteiger charge is -2.06. The van der Waals surface area contributed by atoms with Crippen LogP contribution in [0.2, 0.25) is 0 Å². The van der Waals surface area contributed by atoms with E-state index in [0.717, 1.165) is 0 Å². The molecule has 0 amide bonds. The Morgan fingerprint density at radius 1 is 1.67 bits per heavy atom. The molecule has 78 valence electrons. The molecule has 6 heteroatoms. The van der Waals surface area contributed by atoms with Gasteiger partial charge in [-0.15, -0.1) is 11.8 Å². The third kappa shape index (κ3) is 3.95. The van der Waals surface area contributed by atoms with Crippen molar-refractivity contribution in [1.82, 2.24) is 9.97 Å². The maximum atomic E-state index is 10.4. The number of carboxylic acid groups (broad SMARTS) is 1. The van der Waals surface area contributed by atoms with E-state index in [9.17, 15) is 4.79 Å². The van der Waals surface area contributed by atoms with Crippen LogP contribution in [0.4, 0.5) is 0 Å². The number of rotatable bonds is 4. The molecule has 0 aromatic carbocycles. The van der Waals surface area contributed by atoms with Crippen LogP contribution in [0.15, 0.2) is 17.4 Å². The van der Waals surface area contributed by atoms with Crippen molar-refractivity contribution in [3.63, 3.8) is 0 Å². The van der Waals surface area contributed by atoms with E-state index in [0.29, 0.717) is 5.03 Å². The molecular weight excluding hydrogens is 214 g/mol. The highest BCUT2D eigenvalue weighted by Gasteiger charge is 2.10. The topological polar surface area (TPSA) is 86.9 Å². The number of carboxylic acids is 1. The van der Waals surface area contributed by atoms with E-state index in [1.165, 1.54) is 24.2 Å². The molecule has 0 fully saturated rings. The standard InChI is InChI=1S/C9H9N3O2S/c1-6(2-9(13)14)15-8-5-11-7(3-10)4-12-8/h4-6H,2H2,1H3,(H,13,14). The van der Waals surface area contributed by atoms with Crippen LogP contribution in [0.25, 0.3) is 0 Å². The molecule has 0 aliphatic heterocycles. The first-order valence-corrected chi connectivity index (χ1v) is 5.10. The third-order valence-electron chi connectivity index (χ3n) is 1.53. The van der Waals surface area contributed by atoms with Gasteiger partial charge in [-0.05, 0) is 0 Å². The minimum absolute atomic E-state index is 0.0651. The van der Waals surface area contributed by atoms with Gasteiger partial charge in [-0.2, -0.15) is 5.26 Å². The Morgan fingerprint density at radius 3 is 2.87 bits per heavy atom. The zero-order valence-electron chi connectivity index (χ0n) is 8.04. The monoisotopic (exact) mass is 223 g/mol. The molecule has 1 aromatic heterocycles. The minimum Gasteiger partial charge on any atom is -0.481 e. The van der Waals surface area contributed by atoms with Gasteiger partial charge in [0.25, 0.3) is 0 Å².